The van der Waals surface area contributed by atoms with Gasteiger partial charge in [0.1, 0.15) is 0 Å². The van der Waals surface area contributed by atoms with E-state index in [0.717, 1.165) is 0 Å². The molecule has 0 bridgehead atoms. The van der Waals surface area contributed by atoms with Crippen molar-refractivity contribution in [3.05, 3.63) is 78.4 Å². The van der Waals surface area contributed by atoms with E-state index in [1.807, 2.05) is 0 Å². The van der Waals surface area contributed by atoms with Crippen LogP contribution in [-0.2, 0) is 10.0 Å². The molecule has 1 amide bonds. The third-order valence-corrected chi connectivity index (χ3v) is 5.49. The van der Waals surface area contributed by atoms with Gasteiger partial charge in [-0.3, -0.25) is 9.52 Å². The van der Waals surface area contributed by atoms with E-state index in [9.17, 15) is 22.0 Å². The highest BCUT2D eigenvalue weighted by molar-refractivity contribution is 7.92. The molecular formula is C21H18F2N2O5S. The molecule has 162 valence electrons. The summed E-state index contributed by atoms with van der Waals surface area (Å²) in [5.74, 6) is -0.712. The van der Waals surface area contributed by atoms with E-state index >= 15 is 0 Å². The number of hydrogen-bond donors (Lipinski definition) is 2. The Morgan fingerprint density at radius 3 is 2.19 bits per heavy atom. The summed E-state index contributed by atoms with van der Waals surface area (Å²) < 4.78 is 61.8. The highest BCUT2D eigenvalue weighted by Crippen LogP contribution is 2.31. The van der Waals surface area contributed by atoms with Gasteiger partial charge in [-0.05, 0) is 48.5 Å². The zero-order valence-corrected chi connectivity index (χ0v) is 17.0. The Balaban J connectivity index is 1.73. The molecule has 3 aromatic carbocycles. The Morgan fingerprint density at radius 2 is 1.58 bits per heavy atom. The third kappa shape index (κ3) is 5.70. The fraction of sp³-hybridized carbons (Fsp3) is 0.0952. The lowest BCUT2D eigenvalue weighted by atomic mass is 10.2. The molecule has 3 rings (SSSR count). The number of nitrogens with one attached hydrogen (secondary N) is 2. The van der Waals surface area contributed by atoms with Crippen LogP contribution in [0.1, 0.15) is 10.4 Å². The second-order valence-electron chi connectivity index (χ2n) is 6.19. The standard InChI is InChI=1S/C21H18F2N2O5S/c1-29-18-12-9-16(13-19(18)30-21(22)23)24-20(26)14-7-10-17(11-8-14)31(27,28)25-15-5-3-2-4-6-15/h2-13,21,25H,1H3,(H,24,26). The number of halogens is 2. The molecule has 0 fully saturated rings. The van der Waals surface area contributed by atoms with Crippen LogP contribution in [0.3, 0.4) is 0 Å². The van der Waals surface area contributed by atoms with Crippen molar-refractivity contribution in [1.82, 2.24) is 0 Å². The van der Waals surface area contributed by atoms with Gasteiger partial charge in [0.25, 0.3) is 15.9 Å². The average Bonchev–Trinajstić information content (AvgIpc) is 2.74. The number of rotatable bonds is 8. The number of anilines is 2. The van der Waals surface area contributed by atoms with E-state index in [1.165, 1.54) is 49.6 Å². The zero-order chi connectivity index (χ0) is 22.4. The highest BCUT2D eigenvalue weighted by atomic mass is 32.2. The Bertz CT molecular complexity index is 1150. The summed E-state index contributed by atoms with van der Waals surface area (Å²) in [5.41, 5.74) is 0.778. The number of ether oxygens (including phenoxy) is 2. The number of sulfonamides is 1. The summed E-state index contributed by atoms with van der Waals surface area (Å²) in [7, 11) is -2.52. The molecular weight excluding hydrogens is 430 g/mol. The van der Waals surface area contributed by atoms with Crippen LogP contribution in [0.15, 0.2) is 77.7 Å². The highest BCUT2D eigenvalue weighted by Gasteiger charge is 2.16. The Labute approximate surface area is 177 Å². The van der Waals surface area contributed by atoms with Gasteiger partial charge in [0.15, 0.2) is 11.5 Å². The molecule has 0 saturated carbocycles. The van der Waals surface area contributed by atoms with Crippen LogP contribution in [0.5, 0.6) is 11.5 Å². The molecule has 0 aromatic heterocycles. The summed E-state index contributed by atoms with van der Waals surface area (Å²) in [6.07, 6.45) is 0. The van der Waals surface area contributed by atoms with Crippen molar-refractivity contribution < 1.29 is 31.5 Å². The molecule has 0 aliphatic heterocycles. The first-order valence-corrected chi connectivity index (χ1v) is 10.4. The number of methoxy groups -OCH3 is 1. The van der Waals surface area contributed by atoms with E-state index in [0.29, 0.717) is 5.69 Å². The monoisotopic (exact) mass is 448 g/mol. The molecule has 31 heavy (non-hydrogen) atoms. The number of carbonyl (C=O) groups is 1. The van der Waals surface area contributed by atoms with Gasteiger partial charge in [-0.1, -0.05) is 18.2 Å². The number of amides is 1. The molecule has 0 heterocycles. The Hall–Kier alpha value is -3.66. The molecule has 0 aliphatic rings. The normalized spacial score (nSPS) is 11.1. The number of alkyl halides is 2. The second-order valence-corrected chi connectivity index (χ2v) is 7.88. The van der Waals surface area contributed by atoms with Crippen LogP contribution >= 0.6 is 0 Å². The van der Waals surface area contributed by atoms with Crippen LogP contribution in [0.4, 0.5) is 20.2 Å². The maximum atomic E-state index is 12.5. The van der Waals surface area contributed by atoms with E-state index in [1.54, 1.807) is 30.3 Å². The largest absolute Gasteiger partial charge is 0.493 e. The maximum absolute atomic E-state index is 12.5. The number of benzene rings is 3. The van der Waals surface area contributed by atoms with Gasteiger partial charge >= 0.3 is 6.61 Å². The fourth-order valence-corrected chi connectivity index (χ4v) is 3.71. The van der Waals surface area contributed by atoms with Crippen molar-refractivity contribution in [2.45, 2.75) is 11.5 Å². The molecule has 7 nitrogen and oxygen atoms in total. The van der Waals surface area contributed by atoms with Crippen LogP contribution in [0.25, 0.3) is 0 Å². The lowest BCUT2D eigenvalue weighted by molar-refractivity contribution is -0.0511. The van der Waals surface area contributed by atoms with Crippen molar-refractivity contribution in [3.8, 4) is 11.5 Å². The van der Waals surface area contributed by atoms with Gasteiger partial charge in [0.05, 0.1) is 12.0 Å². The van der Waals surface area contributed by atoms with Gasteiger partial charge in [0, 0.05) is 23.0 Å². The van der Waals surface area contributed by atoms with Gasteiger partial charge in [0.2, 0.25) is 0 Å². The minimum atomic E-state index is -3.82. The van der Waals surface area contributed by atoms with Crippen molar-refractivity contribution in [3.63, 3.8) is 0 Å². The van der Waals surface area contributed by atoms with E-state index in [2.05, 4.69) is 14.8 Å². The first-order chi connectivity index (χ1) is 14.8. The van der Waals surface area contributed by atoms with Gasteiger partial charge in [-0.25, -0.2) is 8.42 Å². The summed E-state index contributed by atoms with van der Waals surface area (Å²) in [4.78, 5) is 12.4. The Morgan fingerprint density at radius 1 is 0.903 bits per heavy atom. The molecule has 0 atom stereocenters. The van der Waals surface area contributed by atoms with Crippen molar-refractivity contribution in [2.75, 3.05) is 17.1 Å². The van der Waals surface area contributed by atoms with Gasteiger partial charge < -0.3 is 14.8 Å². The number of hydrogen-bond acceptors (Lipinski definition) is 5. The lowest BCUT2D eigenvalue weighted by Crippen LogP contribution is -2.15. The third-order valence-electron chi connectivity index (χ3n) is 4.09. The zero-order valence-electron chi connectivity index (χ0n) is 16.2. The lowest BCUT2D eigenvalue weighted by Gasteiger charge is -2.12. The van der Waals surface area contributed by atoms with Crippen molar-refractivity contribution in [2.24, 2.45) is 0 Å². The molecule has 10 heteroatoms. The smallest absolute Gasteiger partial charge is 0.387 e. The Kier molecular flexibility index (Phi) is 6.71. The first-order valence-electron chi connectivity index (χ1n) is 8.90. The molecule has 0 spiro atoms. The van der Waals surface area contributed by atoms with Crippen molar-refractivity contribution >= 4 is 27.3 Å². The summed E-state index contributed by atoms with van der Waals surface area (Å²) in [6, 6.07) is 17.7. The average molecular weight is 448 g/mol. The van der Waals surface area contributed by atoms with E-state index in [4.69, 9.17) is 4.74 Å². The van der Waals surface area contributed by atoms with Gasteiger partial charge in [-0.15, -0.1) is 0 Å². The SMILES string of the molecule is COc1ccc(NC(=O)c2ccc(S(=O)(=O)Nc3ccccc3)cc2)cc1OC(F)F. The van der Waals surface area contributed by atoms with Crippen LogP contribution in [0, 0.1) is 0 Å². The molecule has 2 N–H and O–H groups in total. The van der Waals surface area contributed by atoms with Crippen LogP contribution in [-0.4, -0.2) is 28.0 Å². The summed E-state index contributed by atoms with van der Waals surface area (Å²) >= 11 is 0. The number of carbonyl (C=O) groups excluding carboxylic acids is 1. The maximum Gasteiger partial charge on any atom is 0.387 e. The van der Waals surface area contributed by atoms with Gasteiger partial charge in [-0.2, -0.15) is 8.78 Å². The topological polar surface area (TPSA) is 93.7 Å². The molecule has 0 aliphatic carbocycles. The van der Waals surface area contributed by atoms with Crippen molar-refractivity contribution in [1.29, 1.82) is 0 Å². The minimum absolute atomic E-state index is 0.0232. The fourth-order valence-electron chi connectivity index (χ4n) is 2.65. The predicted octanol–water partition coefficient (Wildman–Crippen LogP) is 4.35. The first kappa shape index (κ1) is 22.0. The second kappa shape index (κ2) is 9.43. The molecule has 0 saturated heterocycles. The number of para-hydroxylation sites is 1. The van der Waals surface area contributed by atoms with Crippen LogP contribution in [0.2, 0.25) is 0 Å². The molecule has 0 unspecified atom stereocenters. The van der Waals surface area contributed by atoms with E-state index < -0.39 is 22.5 Å². The quantitative estimate of drug-likeness (QED) is 0.534. The molecule has 0 radical (unpaired) electrons. The summed E-state index contributed by atoms with van der Waals surface area (Å²) in [6.45, 7) is -3.06. The minimum Gasteiger partial charge on any atom is -0.493 e. The van der Waals surface area contributed by atoms with E-state index in [-0.39, 0.29) is 27.6 Å². The predicted molar refractivity (Wildman–Crippen MR) is 111 cm³/mol. The van der Waals surface area contributed by atoms with Crippen LogP contribution < -0.4 is 19.5 Å². The molecule has 3 aromatic rings. The summed E-state index contributed by atoms with van der Waals surface area (Å²) in [5, 5.41) is 2.54.